The molecule has 0 bridgehead atoms. The van der Waals surface area contributed by atoms with Gasteiger partial charge in [0.15, 0.2) is 11.5 Å². The fraction of sp³-hybridized carbons (Fsp3) is 0.118. The Balaban J connectivity index is 2.66. The van der Waals surface area contributed by atoms with E-state index in [-0.39, 0.29) is 29.0 Å². The van der Waals surface area contributed by atoms with E-state index in [1.54, 1.807) is 0 Å². The first kappa shape index (κ1) is 25.9. The summed E-state index contributed by atoms with van der Waals surface area (Å²) in [7, 11) is 1.26. The Labute approximate surface area is 196 Å². The molecule has 0 saturated carbocycles. The third-order valence-electron chi connectivity index (χ3n) is 3.90. The number of carbonyl (C=O) groups is 1. The number of rotatable bonds is 10. The van der Waals surface area contributed by atoms with E-state index < -0.39 is 96.8 Å². The minimum Gasteiger partial charge on any atom is -0.504 e. The number of methoxy groups -OCH3 is 1. The molecule has 0 fully saturated rings. The molecule has 0 radical (unpaired) electrons. The number of halogens is 5. The van der Waals surface area contributed by atoms with Gasteiger partial charge in [-0.3, -0.25) is 4.79 Å². The van der Waals surface area contributed by atoms with Gasteiger partial charge in [0.05, 0.1) is 98.0 Å². The summed E-state index contributed by atoms with van der Waals surface area (Å²) in [5.74, 6) is -1.19. The van der Waals surface area contributed by atoms with Gasteiger partial charge in [-0.1, -0.05) is 6.08 Å². The molecular formula is C17H12F5NO3S5. The molecule has 0 aliphatic heterocycles. The maximum absolute atomic E-state index is 13.6. The third kappa shape index (κ3) is 5.35. The Morgan fingerprint density at radius 3 is 1.90 bits per heavy atom. The predicted octanol–water partition coefficient (Wildman–Crippen LogP) is 8.26. The molecule has 0 aliphatic rings. The molecule has 0 unspecified atom stereocenters. The molecule has 14 heteroatoms. The van der Waals surface area contributed by atoms with Gasteiger partial charge in [-0.25, -0.2) is 0 Å². The van der Waals surface area contributed by atoms with E-state index in [0.29, 0.717) is 0 Å². The van der Waals surface area contributed by atoms with Crippen molar-refractivity contribution in [2.75, 3.05) is 12.4 Å². The normalized spacial score (nSPS) is 10.8. The average Bonchev–Trinajstić information content (AvgIpc) is 2.78. The van der Waals surface area contributed by atoms with Crippen molar-refractivity contribution in [2.24, 2.45) is 0 Å². The summed E-state index contributed by atoms with van der Waals surface area (Å²) in [6, 6.07) is 2.46. The number of aromatic hydroxyl groups is 1. The number of carbonyl (C=O) groups excluding carboxylic acids is 1. The second-order valence-electron chi connectivity index (χ2n) is 5.54. The first-order valence-electron chi connectivity index (χ1n) is 7.91. The Bertz CT molecular complexity index is 962. The van der Waals surface area contributed by atoms with E-state index in [1.807, 2.05) is 0 Å². The van der Waals surface area contributed by atoms with Crippen molar-refractivity contribution in [1.82, 2.24) is 0 Å². The smallest absolute Gasteiger partial charge is 0.255 e. The van der Waals surface area contributed by atoms with Crippen LogP contribution in [0.1, 0.15) is 15.9 Å². The molecule has 0 aromatic heterocycles. The molecule has 0 spiro atoms. The fourth-order valence-electron chi connectivity index (χ4n) is 2.56. The molecule has 0 atom stereocenters. The molecule has 0 saturated heterocycles. The summed E-state index contributed by atoms with van der Waals surface area (Å²) < 4.78 is 72.5. The zero-order valence-electron chi connectivity index (χ0n) is 15.3. The van der Waals surface area contributed by atoms with Gasteiger partial charge in [-0.15, -0.1) is 6.58 Å². The highest BCUT2D eigenvalue weighted by atomic mass is 32.2. The second kappa shape index (κ2) is 12.0. The maximum Gasteiger partial charge on any atom is 0.255 e. The van der Waals surface area contributed by atoms with Crippen molar-refractivity contribution in [1.29, 1.82) is 0 Å². The van der Waals surface area contributed by atoms with Gasteiger partial charge in [-0.2, -0.15) is 19.4 Å². The number of hydrogen-bond acceptors (Lipinski definition) is 8. The third-order valence-corrected chi connectivity index (χ3v) is 7.23. The second-order valence-corrected chi connectivity index (χ2v) is 8.35. The lowest BCUT2D eigenvalue weighted by molar-refractivity contribution is 0.102. The van der Waals surface area contributed by atoms with E-state index in [4.69, 9.17) is 4.74 Å². The number of hydrogen-bond donors (Lipinski definition) is 2. The van der Waals surface area contributed by atoms with E-state index in [9.17, 15) is 29.3 Å². The molecule has 31 heavy (non-hydrogen) atoms. The molecule has 0 heterocycles. The van der Waals surface area contributed by atoms with Crippen LogP contribution in [-0.2, 0) is 6.42 Å². The van der Waals surface area contributed by atoms with Gasteiger partial charge in [-0.05, 0) is 18.6 Å². The van der Waals surface area contributed by atoms with Gasteiger partial charge < -0.3 is 15.2 Å². The Morgan fingerprint density at radius 1 is 1.00 bits per heavy atom. The minimum atomic E-state index is -0.917. The number of anilines is 1. The minimum absolute atomic E-state index is 0.0473. The van der Waals surface area contributed by atoms with E-state index >= 15 is 0 Å². The van der Waals surface area contributed by atoms with Gasteiger partial charge >= 0.3 is 0 Å². The van der Waals surface area contributed by atoms with Crippen LogP contribution in [0.4, 0.5) is 25.1 Å². The molecule has 2 N–H and O–H groups in total. The van der Waals surface area contributed by atoms with E-state index in [0.717, 1.165) is 0 Å². The van der Waals surface area contributed by atoms with Crippen LogP contribution in [0.2, 0.25) is 0 Å². The van der Waals surface area contributed by atoms with Gasteiger partial charge in [0.2, 0.25) is 0 Å². The molecular weight excluding hydrogens is 522 g/mol. The monoisotopic (exact) mass is 533 g/mol. The summed E-state index contributed by atoms with van der Waals surface area (Å²) in [6.07, 6.45) is 1.64. The molecule has 1 amide bonds. The number of nitrogens with one attached hydrogen (secondary N) is 1. The lowest BCUT2D eigenvalue weighted by Crippen LogP contribution is -2.15. The summed E-state index contributed by atoms with van der Waals surface area (Å²) in [5, 5.41) is 12.4. The average molecular weight is 534 g/mol. The van der Waals surface area contributed by atoms with Crippen LogP contribution in [0.5, 0.6) is 11.5 Å². The SMILES string of the molecule is C=CCc1cc(C(=O)Nc2c(SF)c(SF)c(SF)c(SF)c2SF)cc(OC)c1O. The van der Waals surface area contributed by atoms with E-state index in [2.05, 4.69) is 11.9 Å². The predicted molar refractivity (Wildman–Crippen MR) is 118 cm³/mol. The number of amides is 1. The van der Waals surface area contributed by atoms with Gasteiger partial charge in [0, 0.05) is 11.1 Å². The van der Waals surface area contributed by atoms with Crippen LogP contribution >= 0.6 is 60.7 Å². The highest BCUT2D eigenvalue weighted by Gasteiger charge is 2.29. The van der Waals surface area contributed by atoms with Crippen LogP contribution in [0, 0.1) is 0 Å². The lowest BCUT2D eigenvalue weighted by Gasteiger charge is -2.18. The van der Waals surface area contributed by atoms with Crippen molar-refractivity contribution in [3.63, 3.8) is 0 Å². The van der Waals surface area contributed by atoms with Crippen molar-refractivity contribution >= 4 is 72.3 Å². The van der Waals surface area contributed by atoms with Crippen molar-refractivity contribution in [3.8, 4) is 11.5 Å². The van der Waals surface area contributed by atoms with Crippen LogP contribution in [0.3, 0.4) is 0 Å². The first-order valence-corrected chi connectivity index (χ1v) is 11.5. The zero-order valence-corrected chi connectivity index (χ0v) is 19.4. The number of allylic oxidation sites excluding steroid dienone is 1. The van der Waals surface area contributed by atoms with Gasteiger partial charge in [0.25, 0.3) is 5.91 Å². The number of phenols is 1. The molecule has 2 rings (SSSR count). The van der Waals surface area contributed by atoms with Crippen LogP contribution in [-0.4, -0.2) is 18.1 Å². The Kier molecular flexibility index (Phi) is 10.1. The van der Waals surface area contributed by atoms with Crippen molar-refractivity contribution < 1.29 is 34.1 Å². The highest BCUT2D eigenvalue weighted by molar-refractivity contribution is 8.00. The first-order chi connectivity index (χ1) is 14.9. The summed E-state index contributed by atoms with van der Waals surface area (Å²) in [4.78, 5) is 9.61. The Morgan fingerprint density at radius 2 is 1.48 bits per heavy atom. The van der Waals surface area contributed by atoms with Crippen LogP contribution < -0.4 is 10.1 Å². The molecule has 2 aromatic carbocycles. The highest BCUT2D eigenvalue weighted by Crippen LogP contribution is 2.54. The fourth-order valence-corrected chi connectivity index (χ4v) is 5.41. The zero-order chi connectivity index (χ0) is 23.1. The molecule has 0 aliphatic carbocycles. The largest absolute Gasteiger partial charge is 0.504 e. The van der Waals surface area contributed by atoms with Crippen molar-refractivity contribution in [3.05, 3.63) is 35.9 Å². The van der Waals surface area contributed by atoms with Crippen LogP contribution in [0.25, 0.3) is 0 Å². The van der Waals surface area contributed by atoms with Gasteiger partial charge in [0.1, 0.15) is 0 Å². The molecule has 2 aromatic rings. The van der Waals surface area contributed by atoms with Crippen LogP contribution in [0.15, 0.2) is 49.3 Å². The van der Waals surface area contributed by atoms with Crippen molar-refractivity contribution in [2.45, 2.75) is 30.9 Å². The Hall–Kier alpha value is -1.35. The lowest BCUT2D eigenvalue weighted by atomic mass is 10.0. The van der Waals surface area contributed by atoms with E-state index in [1.165, 1.54) is 25.3 Å². The summed E-state index contributed by atoms with van der Waals surface area (Å²) >= 11 is -2.85. The number of benzene rings is 2. The molecule has 4 nitrogen and oxygen atoms in total. The number of phenolic OH excluding ortho intramolecular Hbond substituents is 1. The number of ether oxygens (including phenoxy) is 1. The molecule has 168 valence electrons. The quantitative estimate of drug-likeness (QED) is 0.234. The maximum atomic E-state index is 13.6. The summed E-state index contributed by atoms with van der Waals surface area (Å²) in [6.45, 7) is 3.55. The topological polar surface area (TPSA) is 58.6 Å². The standard InChI is InChI=1S/C17H12F5NO3S5/c1-3-4-7-5-8(6-9(26-2)11(7)24)17(25)23-10-12(27-18)14(29-20)16(31-22)15(30-21)13(10)28-19/h3,5-6,24H,1,4H2,2H3,(H,23,25). The summed E-state index contributed by atoms with van der Waals surface area (Å²) in [5.41, 5.74) is -0.367.